The van der Waals surface area contributed by atoms with Crippen molar-refractivity contribution in [2.24, 2.45) is 0 Å². The van der Waals surface area contributed by atoms with Crippen molar-refractivity contribution >= 4 is 5.82 Å². The van der Waals surface area contributed by atoms with Crippen LogP contribution in [-0.4, -0.2) is 37.3 Å². The van der Waals surface area contributed by atoms with Gasteiger partial charge in [0.05, 0.1) is 12.1 Å². The molecule has 1 aromatic heterocycles. The summed E-state index contributed by atoms with van der Waals surface area (Å²) in [7, 11) is 2.07. The van der Waals surface area contributed by atoms with E-state index in [9.17, 15) is 0 Å². The quantitative estimate of drug-likeness (QED) is 0.831. The van der Waals surface area contributed by atoms with Gasteiger partial charge in [-0.25, -0.2) is 4.98 Å². The van der Waals surface area contributed by atoms with Gasteiger partial charge in [-0.3, -0.25) is 0 Å². The normalized spacial score (nSPS) is 16.0. The zero-order valence-electron chi connectivity index (χ0n) is 10.1. The predicted molar refractivity (Wildman–Crippen MR) is 65.1 cm³/mol. The number of hydrogen-bond donors (Lipinski definition) is 1. The van der Waals surface area contributed by atoms with Gasteiger partial charge in [0.1, 0.15) is 0 Å². The Morgan fingerprint density at radius 1 is 1.50 bits per heavy atom. The van der Waals surface area contributed by atoms with Crippen molar-refractivity contribution in [1.29, 1.82) is 0 Å². The molecule has 0 aromatic carbocycles. The summed E-state index contributed by atoms with van der Waals surface area (Å²) >= 11 is 0. The molecule has 0 spiro atoms. The SMILES string of the molecule is CC(C)Oc1cccnc1N(C)C1CNC1. The van der Waals surface area contributed by atoms with E-state index in [1.807, 2.05) is 32.2 Å². The number of pyridine rings is 1. The van der Waals surface area contributed by atoms with Crippen LogP contribution in [0.1, 0.15) is 13.8 Å². The molecule has 16 heavy (non-hydrogen) atoms. The molecule has 0 atom stereocenters. The first-order valence-corrected chi connectivity index (χ1v) is 5.73. The van der Waals surface area contributed by atoms with Crippen molar-refractivity contribution < 1.29 is 4.74 Å². The molecule has 1 N–H and O–H groups in total. The highest BCUT2D eigenvalue weighted by Crippen LogP contribution is 2.27. The monoisotopic (exact) mass is 221 g/mol. The van der Waals surface area contributed by atoms with Crippen molar-refractivity contribution in [2.45, 2.75) is 26.0 Å². The number of hydrogen-bond acceptors (Lipinski definition) is 4. The van der Waals surface area contributed by atoms with E-state index in [-0.39, 0.29) is 6.10 Å². The summed E-state index contributed by atoms with van der Waals surface area (Å²) < 4.78 is 5.76. The van der Waals surface area contributed by atoms with E-state index < -0.39 is 0 Å². The van der Waals surface area contributed by atoms with Crippen LogP contribution < -0.4 is 15.0 Å². The lowest BCUT2D eigenvalue weighted by molar-refractivity contribution is 0.241. The number of likely N-dealkylation sites (N-methyl/N-ethyl adjacent to an activating group) is 1. The lowest BCUT2D eigenvalue weighted by Crippen LogP contribution is -2.56. The molecular weight excluding hydrogens is 202 g/mol. The second-order valence-electron chi connectivity index (χ2n) is 4.41. The van der Waals surface area contributed by atoms with E-state index in [4.69, 9.17) is 4.74 Å². The lowest BCUT2D eigenvalue weighted by Gasteiger charge is -2.37. The fourth-order valence-corrected chi connectivity index (χ4v) is 1.71. The van der Waals surface area contributed by atoms with Crippen molar-refractivity contribution in [2.75, 3.05) is 25.0 Å². The van der Waals surface area contributed by atoms with Gasteiger partial charge in [-0.05, 0) is 26.0 Å². The average molecular weight is 221 g/mol. The summed E-state index contributed by atoms with van der Waals surface area (Å²) in [6.45, 7) is 6.10. The molecular formula is C12H19N3O. The zero-order chi connectivity index (χ0) is 11.5. The molecule has 0 radical (unpaired) electrons. The Labute approximate surface area is 96.6 Å². The molecule has 0 amide bonds. The number of nitrogens with one attached hydrogen (secondary N) is 1. The van der Waals surface area contributed by atoms with Gasteiger partial charge in [0.25, 0.3) is 0 Å². The maximum Gasteiger partial charge on any atom is 0.171 e. The van der Waals surface area contributed by atoms with Crippen LogP contribution in [0.15, 0.2) is 18.3 Å². The van der Waals surface area contributed by atoms with Crippen LogP contribution in [0.5, 0.6) is 5.75 Å². The van der Waals surface area contributed by atoms with Gasteiger partial charge < -0.3 is 15.0 Å². The number of ether oxygens (including phenoxy) is 1. The maximum atomic E-state index is 5.76. The van der Waals surface area contributed by atoms with Gasteiger partial charge in [0.2, 0.25) is 0 Å². The fourth-order valence-electron chi connectivity index (χ4n) is 1.71. The number of aromatic nitrogens is 1. The van der Waals surface area contributed by atoms with Crippen LogP contribution >= 0.6 is 0 Å². The molecule has 0 aliphatic carbocycles. The van der Waals surface area contributed by atoms with Crippen molar-refractivity contribution in [3.05, 3.63) is 18.3 Å². The second kappa shape index (κ2) is 4.70. The van der Waals surface area contributed by atoms with E-state index >= 15 is 0 Å². The molecule has 2 rings (SSSR count). The van der Waals surface area contributed by atoms with Crippen LogP contribution in [0.25, 0.3) is 0 Å². The van der Waals surface area contributed by atoms with Crippen molar-refractivity contribution in [3.8, 4) is 5.75 Å². The summed E-state index contributed by atoms with van der Waals surface area (Å²) in [4.78, 5) is 6.60. The first-order chi connectivity index (χ1) is 7.68. The van der Waals surface area contributed by atoms with Gasteiger partial charge in [0.15, 0.2) is 11.6 Å². The third-order valence-corrected chi connectivity index (χ3v) is 2.76. The van der Waals surface area contributed by atoms with Gasteiger partial charge in [0, 0.05) is 26.3 Å². The largest absolute Gasteiger partial charge is 0.487 e. The molecule has 4 heteroatoms. The summed E-state index contributed by atoms with van der Waals surface area (Å²) in [6, 6.07) is 4.42. The summed E-state index contributed by atoms with van der Waals surface area (Å²) in [6.07, 6.45) is 1.99. The van der Waals surface area contributed by atoms with Gasteiger partial charge in [-0.2, -0.15) is 0 Å². The molecule has 0 bridgehead atoms. The maximum absolute atomic E-state index is 5.76. The Morgan fingerprint density at radius 3 is 2.81 bits per heavy atom. The van der Waals surface area contributed by atoms with Gasteiger partial charge >= 0.3 is 0 Å². The zero-order valence-corrected chi connectivity index (χ0v) is 10.1. The first-order valence-electron chi connectivity index (χ1n) is 5.73. The van der Waals surface area contributed by atoms with Crippen molar-refractivity contribution in [1.82, 2.24) is 10.3 Å². The Morgan fingerprint density at radius 2 is 2.25 bits per heavy atom. The molecule has 4 nitrogen and oxygen atoms in total. The molecule has 0 saturated carbocycles. The molecule has 0 unspecified atom stereocenters. The molecule has 88 valence electrons. The first kappa shape index (κ1) is 11.2. The van der Waals surface area contributed by atoms with Crippen LogP contribution in [0.2, 0.25) is 0 Å². The minimum absolute atomic E-state index is 0.177. The van der Waals surface area contributed by atoms with Crippen LogP contribution in [0.3, 0.4) is 0 Å². The topological polar surface area (TPSA) is 37.4 Å². The van der Waals surface area contributed by atoms with E-state index in [0.29, 0.717) is 6.04 Å². The van der Waals surface area contributed by atoms with E-state index in [1.165, 1.54) is 0 Å². The summed E-state index contributed by atoms with van der Waals surface area (Å²) in [5.41, 5.74) is 0. The summed E-state index contributed by atoms with van der Waals surface area (Å²) in [5, 5.41) is 3.26. The van der Waals surface area contributed by atoms with E-state index in [2.05, 4.69) is 22.2 Å². The Balaban J connectivity index is 2.17. The number of nitrogens with zero attached hydrogens (tertiary/aromatic N) is 2. The minimum Gasteiger partial charge on any atom is -0.487 e. The third kappa shape index (κ3) is 2.27. The molecule has 1 saturated heterocycles. The van der Waals surface area contributed by atoms with Gasteiger partial charge in [-0.15, -0.1) is 0 Å². The smallest absolute Gasteiger partial charge is 0.171 e. The van der Waals surface area contributed by atoms with E-state index in [1.54, 1.807) is 0 Å². The highest BCUT2D eigenvalue weighted by atomic mass is 16.5. The standard InChI is InChI=1S/C12H19N3O/c1-9(2)16-11-5-4-6-14-12(11)15(3)10-7-13-8-10/h4-6,9-10,13H,7-8H2,1-3H3. The lowest BCUT2D eigenvalue weighted by atomic mass is 10.1. The molecule has 1 aliphatic rings. The van der Waals surface area contributed by atoms with Crippen LogP contribution in [-0.2, 0) is 0 Å². The molecule has 1 aromatic rings. The second-order valence-corrected chi connectivity index (χ2v) is 4.41. The van der Waals surface area contributed by atoms with Crippen LogP contribution in [0, 0.1) is 0 Å². The van der Waals surface area contributed by atoms with Crippen LogP contribution in [0.4, 0.5) is 5.82 Å². The minimum atomic E-state index is 0.177. The van der Waals surface area contributed by atoms with Gasteiger partial charge in [-0.1, -0.05) is 0 Å². The Hall–Kier alpha value is -1.29. The molecule has 2 heterocycles. The average Bonchev–Trinajstić information content (AvgIpc) is 2.14. The fraction of sp³-hybridized carbons (Fsp3) is 0.583. The predicted octanol–water partition coefficient (Wildman–Crippen LogP) is 1.28. The highest BCUT2D eigenvalue weighted by Gasteiger charge is 2.24. The number of anilines is 1. The molecule has 1 aliphatic heterocycles. The summed E-state index contributed by atoms with van der Waals surface area (Å²) in [5.74, 6) is 1.80. The Kier molecular flexibility index (Phi) is 3.29. The number of rotatable bonds is 4. The van der Waals surface area contributed by atoms with Crippen molar-refractivity contribution in [3.63, 3.8) is 0 Å². The highest BCUT2D eigenvalue weighted by molar-refractivity contribution is 5.52. The van der Waals surface area contributed by atoms with E-state index in [0.717, 1.165) is 24.7 Å². The Bertz CT molecular complexity index is 350. The molecule has 1 fully saturated rings. The third-order valence-electron chi connectivity index (χ3n) is 2.76.